The molecule has 0 aliphatic carbocycles. The second-order valence-electron chi connectivity index (χ2n) is 6.14. The maximum atomic E-state index is 5.56. The fourth-order valence-corrected chi connectivity index (χ4v) is 3.29. The van der Waals surface area contributed by atoms with Crippen LogP contribution in [0.25, 0.3) is 0 Å². The molecule has 5 heteroatoms. The van der Waals surface area contributed by atoms with Crippen LogP contribution in [0.3, 0.4) is 0 Å². The van der Waals surface area contributed by atoms with E-state index in [2.05, 4.69) is 45.2 Å². The van der Waals surface area contributed by atoms with Crippen molar-refractivity contribution in [2.24, 2.45) is 0 Å². The number of rotatable bonds is 4. The Morgan fingerprint density at radius 2 is 2.32 bits per heavy atom. The molecule has 1 atom stereocenters. The molecule has 0 unspecified atom stereocenters. The number of hydrogen-bond acceptors (Lipinski definition) is 4. The molecule has 0 spiro atoms. The number of aryl methyl sites for hydroxylation is 2. The lowest BCUT2D eigenvalue weighted by Gasteiger charge is -2.23. The third-order valence-corrected chi connectivity index (χ3v) is 4.57. The first-order valence-electron chi connectivity index (χ1n) is 8.22. The van der Waals surface area contributed by atoms with Gasteiger partial charge in [0, 0.05) is 31.8 Å². The Labute approximate surface area is 130 Å². The van der Waals surface area contributed by atoms with Gasteiger partial charge in [0.1, 0.15) is 11.6 Å². The minimum absolute atomic E-state index is 0.475. The van der Waals surface area contributed by atoms with Gasteiger partial charge >= 0.3 is 0 Å². The monoisotopic (exact) mass is 298 g/mol. The van der Waals surface area contributed by atoms with E-state index in [0.29, 0.717) is 6.04 Å². The summed E-state index contributed by atoms with van der Waals surface area (Å²) in [6, 6.07) is 7.01. The first-order chi connectivity index (χ1) is 10.8. The Kier molecular flexibility index (Phi) is 3.58. The van der Waals surface area contributed by atoms with Crippen LogP contribution in [0.15, 0.2) is 18.2 Å². The van der Waals surface area contributed by atoms with Crippen LogP contribution in [0, 0.1) is 0 Å². The lowest BCUT2D eigenvalue weighted by atomic mass is 10.1. The molecule has 0 fully saturated rings. The molecule has 1 aromatic heterocycles. The fraction of sp³-hybridized carbons (Fsp3) is 0.529. The van der Waals surface area contributed by atoms with Gasteiger partial charge in [-0.25, -0.2) is 9.67 Å². The Balaban J connectivity index is 1.38. The van der Waals surface area contributed by atoms with Crippen LogP contribution in [0.1, 0.15) is 36.1 Å². The molecule has 2 aromatic rings. The number of nitrogens with one attached hydrogen (secondary N) is 1. The number of nitrogens with zero attached hydrogens (tertiary/aromatic N) is 3. The summed E-state index contributed by atoms with van der Waals surface area (Å²) >= 11 is 0. The molecule has 4 rings (SSSR count). The van der Waals surface area contributed by atoms with Crippen molar-refractivity contribution in [3.05, 3.63) is 41.0 Å². The summed E-state index contributed by atoms with van der Waals surface area (Å²) in [6.45, 7) is 4.76. The van der Waals surface area contributed by atoms with Gasteiger partial charge in [0.05, 0.1) is 13.2 Å². The van der Waals surface area contributed by atoms with Gasteiger partial charge in [0.25, 0.3) is 0 Å². The first kappa shape index (κ1) is 13.8. The number of hydrogen-bond donors (Lipinski definition) is 1. The molecule has 1 N–H and O–H groups in total. The van der Waals surface area contributed by atoms with Crippen LogP contribution >= 0.6 is 0 Å². The molecule has 3 heterocycles. The van der Waals surface area contributed by atoms with E-state index in [1.807, 2.05) is 0 Å². The SMILES string of the molecule is CCc1nc2n(n1)C[C@@H](NCc1ccc3c(c1)CCO3)CC2. The van der Waals surface area contributed by atoms with E-state index in [0.717, 1.165) is 62.8 Å². The molecule has 0 saturated carbocycles. The van der Waals surface area contributed by atoms with E-state index in [-0.39, 0.29) is 0 Å². The van der Waals surface area contributed by atoms with Crippen LogP contribution in [0.4, 0.5) is 0 Å². The zero-order chi connectivity index (χ0) is 14.9. The Morgan fingerprint density at radius 1 is 1.36 bits per heavy atom. The highest BCUT2D eigenvalue weighted by molar-refractivity contribution is 5.39. The summed E-state index contributed by atoms with van der Waals surface area (Å²) in [4.78, 5) is 4.57. The van der Waals surface area contributed by atoms with Crippen LogP contribution < -0.4 is 10.1 Å². The number of benzene rings is 1. The van der Waals surface area contributed by atoms with Gasteiger partial charge in [-0.1, -0.05) is 19.1 Å². The maximum absolute atomic E-state index is 5.56. The third-order valence-electron chi connectivity index (χ3n) is 4.57. The normalized spacial score (nSPS) is 19.6. The molecule has 2 aliphatic heterocycles. The van der Waals surface area contributed by atoms with Crippen molar-refractivity contribution in [3.8, 4) is 5.75 Å². The summed E-state index contributed by atoms with van der Waals surface area (Å²) in [5.41, 5.74) is 2.68. The molecule has 0 bridgehead atoms. The molecule has 1 aromatic carbocycles. The van der Waals surface area contributed by atoms with E-state index in [1.165, 1.54) is 11.1 Å². The van der Waals surface area contributed by atoms with Crippen LogP contribution in [-0.2, 0) is 32.4 Å². The van der Waals surface area contributed by atoms with E-state index in [1.54, 1.807) is 0 Å². The molecule has 0 saturated heterocycles. The summed E-state index contributed by atoms with van der Waals surface area (Å²) < 4.78 is 7.64. The average Bonchev–Trinajstić information content (AvgIpc) is 3.17. The quantitative estimate of drug-likeness (QED) is 0.936. The lowest BCUT2D eigenvalue weighted by Crippen LogP contribution is -2.37. The zero-order valence-corrected chi connectivity index (χ0v) is 13.0. The fourth-order valence-electron chi connectivity index (χ4n) is 3.29. The molecule has 0 radical (unpaired) electrons. The van der Waals surface area contributed by atoms with Crippen LogP contribution in [0.2, 0.25) is 0 Å². The van der Waals surface area contributed by atoms with Crippen molar-refractivity contribution in [1.29, 1.82) is 0 Å². The molecular formula is C17H22N4O. The van der Waals surface area contributed by atoms with Crippen molar-refractivity contribution in [2.75, 3.05) is 6.61 Å². The minimum atomic E-state index is 0.475. The van der Waals surface area contributed by atoms with E-state index in [9.17, 15) is 0 Å². The van der Waals surface area contributed by atoms with Gasteiger partial charge in [-0.15, -0.1) is 0 Å². The average molecular weight is 298 g/mol. The lowest BCUT2D eigenvalue weighted by molar-refractivity contribution is 0.355. The second-order valence-corrected chi connectivity index (χ2v) is 6.14. The standard InChI is InChI=1S/C17H22N4O/c1-2-16-19-17-6-4-14(11-21(17)20-16)18-10-12-3-5-15-13(9-12)7-8-22-15/h3,5,9,14,18H,2,4,6-8,10-11H2,1H3/t14-/m0/s1. The number of fused-ring (bicyclic) bond motifs is 2. The highest BCUT2D eigenvalue weighted by Gasteiger charge is 2.21. The first-order valence-corrected chi connectivity index (χ1v) is 8.22. The van der Waals surface area contributed by atoms with Crippen molar-refractivity contribution < 1.29 is 4.74 Å². The molecule has 116 valence electrons. The molecule has 5 nitrogen and oxygen atoms in total. The second kappa shape index (κ2) is 5.72. The predicted molar refractivity (Wildman–Crippen MR) is 84.0 cm³/mol. The Morgan fingerprint density at radius 3 is 3.23 bits per heavy atom. The smallest absolute Gasteiger partial charge is 0.150 e. The van der Waals surface area contributed by atoms with Gasteiger partial charge < -0.3 is 10.1 Å². The number of aromatic nitrogens is 3. The Hall–Kier alpha value is -1.88. The highest BCUT2D eigenvalue weighted by Crippen LogP contribution is 2.26. The molecule has 0 amide bonds. The van der Waals surface area contributed by atoms with Gasteiger partial charge in [-0.2, -0.15) is 5.10 Å². The highest BCUT2D eigenvalue weighted by atomic mass is 16.5. The van der Waals surface area contributed by atoms with Gasteiger partial charge in [-0.3, -0.25) is 0 Å². The maximum Gasteiger partial charge on any atom is 0.150 e. The van der Waals surface area contributed by atoms with Crippen LogP contribution in [0.5, 0.6) is 5.75 Å². The molecule has 22 heavy (non-hydrogen) atoms. The van der Waals surface area contributed by atoms with E-state index >= 15 is 0 Å². The van der Waals surface area contributed by atoms with Crippen molar-refractivity contribution >= 4 is 0 Å². The molecular weight excluding hydrogens is 276 g/mol. The van der Waals surface area contributed by atoms with Crippen molar-refractivity contribution in [1.82, 2.24) is 20.1 Å². The van der Waals surface area contributed by atoms with Gasteiger partial charge in [-0.05, 0) is 23.6 Å². The summed E-state index contributed by atoms with van der Waals surface area (Å²) in [5.74, 6) is 3.17. The van der Waals surface area contributed by atoms with E-state index in [4.69, 9.17) is 4.74 Å². The van der Waals surface area contributed by atoms with Crippen LogP contribution in [-0.4, -0.2) is 27.4 Å². The third kappa shape index (κ3) is 2.61. The summed E-state index contributed by atoms with van der Waals surface area (Å²) in [6.07, 6.45) is 4.10. The number of ether oxygens (including phenoxy) is 1. The van der Waals surface area contributed by atoms with Crippen molar-refractivity contribution in [3.63, 3.8) is 0 Å². The van der Waals surface area contributed by atoms with Gasteiger partial charge in [0.2, 0.25) is 0 Å². The largest absolute Gasteiger partial charge is 0.493 e. The van der Waals surface area contributed by atoms with E-state index < -0.39 is 0 Å². The zero-order valence-electron chi connectivity index (χ0n) is 13.0. The Bertz CT molecular complexity index is 679. The molecule has 2 aliphatic rings. The van der Waals surface area contributed by atoms with Crippen molar-refractivity contribution in [2.45, 2.75) is 51.7 Å². The predicted octanol–water partition coefficient (Wildman–Crippen LogP) is 1.88. The summed E-state index contributed by atoms with van der Waals surface area (Å²) in [7, 11) is 0. The summed E-state index contributed by atoms with van der Waals surface area (Å²) in [5, 5.41) is 8.24. The minimum Gasteiger partial charge on any atom is -0.493 e. The van der Waals surface area contributed by atoms with Gasteiger partial charge in [0.15, 0.2) is 5.82 Å². The topological polar surface area (TPSA) is 52.0 Å².